The van der Waals surface area contributed by atoms with Gasteiger partial charge < -0.3 is 14.6 Å². The molecule has 1 aromatic carbocycles. The SMILES string of the molecule is CCOc1cc(C(=O)OC)cc(O)c1C. The Kier molecular flexibility index (Phi) is 3.55. The summed E-state index contributed by atoms with van der Waals surface area (Å²) in [5, 5.41) is 9.56. The summed E-state index contributed by atoms with van der Waals surface area (Å²) >= 11 is 0. The number of phenolic OH excluding ortho intramolecular Hbond substituents is 1. The smallest absolute Gasteiger partial charge is 0.338 e. The summed E-state index contributed by atoms with van der Waals surface area (Å²) < 4.78 is 9.84. The van der Waals surface area contributed by atoms with Crippen LogP contribution >= 0.6 is 0 Å². The molecule has 4 nitrogen and oxygen atoms in total. The van der Waals surface area contributed by atoms with Crippen LogP contribution in [0.4, 0.5) is 0 Å². The van der Waals surface area contributed by atoms with Gasteiger partial charge in [-0.25, -0.2) is 4.79 Å². The molecule has 0 amide bonds. The van der Waals surface area contributed by atoms with Crippen LogP contribution in [0.3, 0.4) is 0 Å². The summed E-state index contributed by atoms with van der Waals surface area (Å²) in [6.45, 7) is 4.04. The quantitative estimate of drug-likeness (QED) is 0.774. The van der Waals surface area contributed by atoms with Crippen molar-refractivity contribution in [3.63, 3.8) is 0 Å². The molecule has 0 heterocycles. The van der Waals surface area contributed by atoms with Crippen molar-refractivity contribution in [1.82, 2.24) is 0 Å². The first kappa shape index (κ1) is 11.4. The maximum atomic E-state index is 11.2. The fourth-order valence-electron chi connectivity index (χ4n) is 1.21. The zero-order valence-corrected chi connectivity index (χ0v) is 9.03. The van der Waals surface area contributed by atoms with Gasteiger partial charge in [0.2, 0.25) is 0 Å². The van der Waals surface area contributed by atoms with Gasteiger partial charge in [0.1, 0.15) is 11.5 Å². The molecule has 0 saturated heterocycles. The predicted molar refractivity (Wildman–Crippen MR) is 55.4 cm³/mol. The molecule has 0 aliphatic heterocycles. The minimum absolute atomic E-state index is 0.0290. The Morgan fingerprint density at radius 2 is 2.13 bits per heavy atom. The zero-order chi connectivity index (χ0) is 11.4. The first-order valence-corrected chi connectivity index (χ1v) is 4.64. The van der Waals surface area contributed by atoms with Gasteiger partial charge in [0.25, 0.3) is 0 Å². The zero-order valence-electron chi connectivity index (χ0n) is 9.03. The Bertz CT molecular complexity index is 371. The van der Waals surface area contributed by atoms with E-state index in [0.717, 1.165) is 0 Å². The summed E-state index contributed by atoms with van der Waals surface area (Å²) in [5.74, 6) is 0.0329. The number of carbonyl (C=O) groups excluding carboxylic acids is 1. The van der Waals surface area contributed by atoms with Crippen molar-refractivity contribution >= 4 is 5.97 Å². The second-order valence-corrected chi connectivity index (χ2v) is 3.04. The maximum absolute atomic E-state index is 11.2. The Labute approximate surface area is 88.4 Å². The van der Waals surface area contributed by atoms with Crippen LogP contribution in [0.5, 0.6) is 11.5 Å². The molecule has 0 aromatic heterocycles. The number of aromatic hydroxyl groups is 1. The number of benzene rings is 1. The molecule has 1 aromatic rings. The number of ether oxygens (including phenoxy) is 2. The highest BCUT2D eigenvalue weighted by Crippen LogP contribution is 2.29. The summed E-state index contributed by atoms with van der Waals surface area (Å²) in [6, 6.07) is 2.92. The molecule has 0 spiro atoms. The summed E-state index contributed by atoms with van der Waals surface area (Å²) in [5.41, 5.74) is 0.897. The summed E-state index contributed by atoms with van der Waals surface area (Å²) in [7, 11) is 1.29. The molecule has 15 heavy (non-hydrogen) atoms. The van der Waals surface area contributed by atoms with Crippen LogP contribution in [0.2, 0.25) is 0 Å². The fourth-order valence-corrected chi connectivity index (χ4v) is 1.21. The average Bonchev–Trinajstić information content (AvgIpc) is 2.23. The lowest BCUT2D eigenvalue weighted by Crippen LogP contribution is -2.03. The van der Waals surface area contributed by atoms with Crippen molar-refractivity contribution < 1.29 is 19.4 Å². The second-order valence-electron chi connectivity index (χ2n) is 3.04. The van der Waals surface area contributed by atoms with Crippen LogP contribution in [-0.4, -0.2) is 24.8 Å². The monoisotopic (exact) mass is 210 g/mol. The Morgan fingerprint density at radius 3 is 2.67 bits per heavy atom. The van der Waals surface area contributed by atoms with Gasteiger partial charge >= 0.3 is 5.97 Å². The van der Waals surface area contributed by atoms with Gasteiger partial charge in [0.15, 0.2) is 0 Å². The van der Waals surface area contributed by atoms with E-state index in [4.69, 9.17) is 4.74 Å². The topological polar surface area (TPSA) is 55.8 Å². The third kappa shape index (κ3) is 2.40. The van der Waals surface area contributed by atoms with Crippen LogP contribution in [0.25, 0.3) is 0 Å². The number of methoxy groups -OCH3 is 1. The van der Waals surface area contributed by atoms with E-state index < -0.39 is 5.97 Å². The van der Waals surface area contributed by atoms with E-state index >= 15 is 0 Å². The van der Waals surface area contributed by atoms with Gasteiger partial charge in [-0.05, 0) is 26.0 Å². The number of hydrogen-bond acceptors (Lipinski definition) is 4. The van der Waals surface area contributed by atoms with Crippen molar-refractivity contribution in [1.29, 1.82) is 0 Å². The molecule has 0 radical (unpaired) electrons. The van der Waals surface area contributed by atoms with E-state index in [1.165, 1.54) is 13.2 Å². The lowest BCUT2D eigenvalue weighted by atomic mass is 10.1. The molecule has 1 N–H and O–H groups in total. The van der Waals surface area contributed by atoms with Crippen LogP contribution in [0, 0.1) is 6.92 Å². The molecule has 0 atom stereocenters. The first-order valence-electron chi connectivity index (χ1n) is 4.64. The largest absolute Gasteiger partial charge is 0.508 e. The highest BCUT2D eigenvalue weighted by Gasteiger charge is 2.12. The highest BCUT2D eigenvalue weighted by atomic mass is 16.5. The average molecular weight is 210 g/mol. The number of rotatable bonds is 3. The third-order valence-electron chi connectivity index (χ3n) is 2.05. The van der Waals surface area contributed by atoms with E-state index in [0.29, 0.717) is 17.9 Å². The van der Waals surface area contributed by atoms with Gasteiger partial charge in [0, 0.05) is 5.56 Å². The first-order chi connectivity index (χ1) is 7.10. The van der Waals surface area contributed by atoms with E-state index in [-0.39, 0.29) is 11.3 Å². The highest BCUT2D eigenvalue weighted by molar-refractivity contribution is 5.90. The van der Waals surface area contributed by atoms with E-state index in [1.54, 1.807) is 13.0 Å². The van der Waals surface area contributed by atoms with Gasteiger partial charge in [-0.3, -0.25) is 0 Å². The molecular weight excluding hydrogens is 196 g/mol. The molecule has 1 rings (SSSR count). The van der Waals surface area contributed by atoms with Gasteiger partial charge in [-0.2, -0.15) is 0 Å². The molecule has 0 saturated carbocycles. The second kappa shape index (κ2) is 4.68. The standard InChI is InChI=1S/C11H14O4/c1-4-15-10-6-8(11(13)14-3)5-9(12)7(10)2/h5-6,12H,4H2,1-3H3. The summed E-state index contributed by atoms with van der Waals surface area (Å²) in [4.78, 5) is 11.2. The predicted octanol–water partition coefficient (Wildman–Crippen LogP) is 1.89. The van der Waals surface area contributed by atoms with Crippen molar-refractivity contribution in [3.8, 4) is 11.5 Å². The van der Waals surface area contributed by atoms with Gasteiger partial charge in [-0.1, -0.05) is 0 Å². The Hall–Kier alpha value is -1.71. The van der Waals surface area contributed by atoms with Crippen molar-refractivity contribution in [2.75, 3.05) is 13.7 Å². The minimum Gasteiger partial charge on any atom is -0.508 e. The fraction of sp³-hybridized carbons (Fsp3) is 0.364. The van der Waals surface area contributed by atoms with Crippen LogP contribution in [0.1, 0.15) is 22.8 Å². The van der Waals surface area contributed by atoms with E-state index in [1.807, 2.05) is 6.92 Å². The third-order valence-corrected chi connectivity index (χ3v) is 2.05. The van der Waals surface area contributed by atoms with Crippen LogP contribution in [-0.2, 0) is 4.74 Å². The lowest BCUT2D eigenvalue weighted by Gasteiger charge is -2.10. The minimum atomic E-state index is -0.494. The molecule has 0 aliphatic carbocycles. The molecule has 4 heteroatoms. The van der Waals surface area contributed by atoms with Crippen LogP contribution < -0.4 is 4.74 Å². The normalized spacial score (nSPS) is 9.80. The van der Waals surface area contributed by atoms with Gasteiger partial charge in [0.05, 0.1) is 19.3 Å². The molecular formula is C11H14O4. The van der Waals surface area contributed by atoms with Gasteiger partial charge in [-0.15, -0.1) is 0 Å². The van der Waals surface area contributed by atoms with Crippen molar-refractivity contribution in [2.45, 2.75) is 13.8 Å². The van der Waals surface area contributed by atoms with E-state index in [9.17, 15) is 9.90 Å². The molecule has 82 valence electrons. The van der Waals surface area contributed by atoms with Crippen LogP contribution in [0.15, 0.2) is 12.1 Å². The number of phenols is 1. The number of carbonyl (C=O) groups is 1. The van der Waals surface area contributed by atoms with E-state index in [2.05, 4.69) is 4.74 Å². The Morgan fingerprint density at radius 1 is 1.47 bits per heavy atom. The van der Waals surface area contributed by atoms with Crippen molar-refractivity contribution in [3.05, 3.63) is 23.3 Å². The summed E-state index contributed by atoms with van der Waals surface area (Å²) in [6.07, 6.45) is 0. The molecule has 0 aliphatic rings. The molecule has 0 unspecified atom stereocenters. The number of esters is 1. The number of hydrogen-bond donors (Lipinski definition) is 1. The molecule has 0 bridgehead atoms. The Balaban J connectivity index is 3.16. The molecule has 0 fully saturated rings. The lowest BCUT2D eigenvalue weighted by molar-refractivity contribution is 0.0599. The maximum Gasteiger partial charge on any atom is 0.338 e. The van der Waals surface area contributed by atoms with Crippen molar-refractivity contribution in [2.24, 2.45) is 0 Å².